The summed E-state index contributed by atoms with van der Waals surface area (Å²) in [5, 5.41) is 9.27. The van der Waals surface area contributed by atoms with E-state index in [1.165, 1.54) is 10.9 Å². The number of hydrogen-bond acceptors (Lipinski definition) is 6. The predicted octanol–water partition coefficient (Wildman–Crippen LogP) is 3.37. The summed E-state index contributed by atoms with van der Waals surface area (Å²) in [7, 11) is 0. The minimum Gasteiger partial charge on any atom is -0.376 e. The zero-order valence-corrected chi connectivity index (χ0v) is 17.8. The molecule has 154 valence electrons. The quantitative estimate of drug-likeness (QED) is 0.627. The van der Waals surface area contributed by atoms with Gasteiger partial charge in [-0.3, -0.25) is 9.48 Å². The van der Waals surface area contributed by atoms with Crippen molar-refractivity contribution in [3.8, 4) is 11.8 Å². The van der Waals surface area contributed by atoms with Gasteiger partial charge >= 0.3 is 0 Å². The molecule has 1 saturated heterocycles. The maximum absolute atomic E-state index is 12.9. The third-order valence-electron chi connectivity index (χ3n) is 4.43. The molecule has 9 heteroatoms. The van der Waals surface area contributed by atoms with Crippen molar-refractivity contribution in [1.82, 2.24) is 14.8 Å². The van der Waals surface area contributed by atoms with E-state index in [2.05, 4.69) is 27.2 Å². The van der Waals surface area contributed by atoms with Crippen molar-refractivity contribution < 1.29 is 14.3 Å². The van der Waals surface area contributed by atoms with Gasteiger partial charge in [0.15, 0.2) is 0 Å². The van der Waals surface area contributed by atoms with Gasteiger partial charge in [-0.05, 0) is 30.0 Å². The second-order valence-electron chi connectivity index (χ2n) is 6.66. The van der Waals surface area contributed by atoms with E-state index in [4.69, 9.17) is 21.1 Å². The van der Waals surface area contributed by atoms with E-state index in [9.17, 15) is 4.79 Å². The van der Waals surface area contributed by atoms with E-state index >= 15 is 0 Å². The monoisotopic (exact) mass is 442 g/mol. The number of nitrogens with one attached hydrogen (secondary N) is 1. The molecule has 0 radical (unpaired) electrons. The molecule has 4 rings (SSSR count). The maximum Gasteiger partial charge on any atom is 0.276 e. The average Bonchev–Trinajstić information content (AvgIpc) is 3.39. The Kier molecular flexibility index (Phi) is 6.45. The Labute approximate surface area is 183 Å². The summed E-state index contributed by atoms with van der Waals surface area (Å²) >= 11 is 7.81. The van der Waals surface area contributed by atoms with Gasteiger partial charge in [-0.2, -0.15) is 5.10 Å². The summed E-state index contributed by atoms with van der Waals surface area (Å²) in [5.74, 6) is 6.24. The number of rotatable bonds is 4. The van der Waals surface area contributed by atoms with Gasteiger partial charge in [0.1, 0.15) is 17.6 Å². The fraction of sp³-hybridized carbons (Fsp3) is 0.286. The van der Waals surface area contributed by atoms with E-state index in [0.717, 1.165) is 16.0 Å². The molecule has 1 N–H and O–H groups in total. The molecule has 0 aromatic carbocycles. The fourth-order valence-corrected chi connectivity index (χ4v) is 3.78. The standard InChI is InChI=1S/C21H19ClN4O3S/c1-14-9-15(4-5-17-3-2-8-30-17)10-23-20(14)25-21(27)19-18(22)11-24-26(19)12-16-13-28-6-7-29-16/h2-3,8-11,16H,6-7,12-13H2,1H3,(H,23,25,27)/t16-/m0/s1. The number of ether oxygens (including phenoxy) is 2. The van der Waals surface area contributed by atoms with Crippen molar-refractivity contribution >= 4 is 34.7 Å². The minimum atomic E-state index is -0.387. The summed E-state index contributed by atoms with van der Waals surface area (Å²) < 4.78 is 12.6. The van der Waals surface area contributed by atoms with E-state index in [0.29, 0.717) is 32.2 Å². The van der Waals surface area contributed by atoms with Crippen LogP contribution in [0.15, 0.2) is 36.0 Å². The maximum atomic E-state index is 12.9. The first-order valence-electron chi connectivity index (χ1n) is 9.34. The van der Waals surface area contributed by atoms with Gasteiger partial charge in [0.05, 0.1) is 42.5 Å². The van der Waals surface area contributed by atoms with Crippen molar-refractivity contribution in [2.24, 2.45) is 0 Å². The molecule has 1 amide bonds. The number of amides is 1. The van der Waals surface area contributed by atoms with Crippen molar-refractivity contribution in [3.63, 3.8) is 0 Å². The normalized spacial score (nSPS) is 16.0. The third-order valence-corrected chi connectivity index (χ3v) is 5.49. The van der Waals surface area contributed by atoms with Gasteiger partial charge < -0.3 is 14.8 Å². The Morgan fingerprint density at radius 1 is 1.40 bits per heavy atom. The van der Waals surface area contributed by atoms with Crippen molar-refractivity contribution in [1.29, 1.82) is 0 Å². The first-order chi connectivity index (χ1) is 14.6. The molecular formula is C21H19ClN4O3S. The lowest BCUT2D eigenvalue weighted by atomic mass is 10.2. The average molecular weight is 443 g/mol. The highest BCUT2D eigenvalue weighted by Crippen LogP contribution is 2.20. The first kappa shape index (κ1) is 20.6. The van der Waals surface area contributed by atoms with Crippen LogP contribution in [0.3, 0.4) is 0 Å². The molecule has 1 atom stereocenters. The van der Waals surface area contributed by atoms with Gasteiger partial charge in [0.25, 0.3) is 5.91 Å². The van der Waals surface area contributed by atoms with Crippen molar-refractivity contribution in [2.45, 2.75) is 19.6 Å². The summed E-state index contributed by atoms with van der Waals surface area (Å²) in [6.07, 6.45) is 2.90. The third kappa shape index (κ3) is 4.89. The van der Waals surface area contributed by atoms with Crippen LogP contribution >= 0.6 is 22.9 Å². The van der Waals surface area contributed by atoms with E-state index < -0.39 is 0 Å². The Balaban J connectivity index is 1.48. The van der Waals surface area contributed by atoms with Gasteiger partial charge in [-0.15, -0.1) is 11.3 Å². The smallest absolute Gasteiger partial charge is 0.276 e. The zero-order chi connectivity index (χ0) is 20.9. The molecule has 0 aliphatic carbocycles. The molecule has 0 bridgehead atoms. The molecular weight excluding hydrogens is 424 g/mol. The lowest BCUT2D eigenvalue weighted by Crippen LogP contribution is -2.34. The van der Waals surface area contributed by atoms with Crippen LogP contribution in [0.1, 0.15) is 26.5 Å². The summed E-state index contributed by atoms with van der Waals surface area (Å²) in [4.78, 5) is 18.2. The van der Waals surface area contributed by atoms with Gasteiger partial charge in [0.2, 0.25) is 0 Å². The van der Waals surface area contributed by atoms with E-state index in [1.54, 1.807) is 17.5 Å². The Morgan fingerprint density at radius 2 is 2.30 bits per heavy atom. The van der Waals surface area contributed by atoms with Crippen molar-refractivity contribution in [3.05, 3.63) is 62.7 Å². The molecule has 3 aromatic rings. The van der Waals surface area contributed by atoms with Crippen LogP contribution in [0.2, 0.25) is 5.02 Å². The SMILES string of the molecule is Cc1cc(C#Cc2cccs2)cnc1NC(=O)c1c(Cl)cnn1C[C@H]1COCCO1. The highest BCUT2D eigenvalue weighted by atomic mass is 35.5. The van der Waals surface area contributed by atoms with Crippen molar-refractivity contribution in [2.75, 3.05) is 25.1 Å². The van der Waals surface area contributed by atoms with Crippen LogP contribution in [0, 0.1) is 18.8 Å². The molecule has 4 heterocycles. The largest absolute Gasteiger partial charge is 0.376 e. The number of thiophene rings is 1. The van der Waals surface area contributed by atoms with E-state index in [1.807, 2.05) is 30.5 Å². The molecule has 1 aliphatic heterocycles. The number of halogens is 1. The first-order valence-corrected chi connectivity index (χ1v) is 10.6. The molecule has 0 unspecified atom stereocenters. The number of aryl methyl sites for hydroxylation is 1. The molecule has 7 nitrogen and oxygen atoms in total. The van der Waals surface area contributed by atoms with Gasteiger partial charge in [0, 0.05) is 11.8 Å². The second kappa shape index (κ2) is 9.41. The lowest BCUT2D eigenvalue weighted by Gasteiger charge is -2.23. The number of pyridine rings is 1. The van der Waals surface area contributed by atoms with Crippen LogP contribution < -0.4 is 5.32 Å². The van der Waals surface area contributed by atoms with E-state index in [-0.39, 0.29) is 22.7 Å². The molecule has 3 aromatic heterocycles. The highest BCUT2D eigenvalue weighted by molar-refractivity contribution is 7.10. The van der Waals surface area contributed by atoms with Crippen LogP contribution in [0.25, 0.3) is 0 Å². The topological polar surface area (TPSA) is 78.3 Å². The number of carbonyl (C=O) groups excluding carboxylic acids is 1. The van der Waals surface area contributed by atoms with Gasteiger partial charge in [-0.1, -0.05) is 29.5 Å². The summed E-state index contributed by atoms with van der Waals surface area (Å²) in [6.45, 7) is 3.78. The number of nitrogens with zero attached hydrogens (tertiary/aromatic N) is 3. The molecule has 0 spiro atoms. The van der Waals surface area contributed by atoms with Crippen LogP contribution in [0.5, 0.6) is 0 Å². The molecule has 1 aliphatic rings. The number of hydrogen-bond donors (Lipinski definition) is 1. The Hall–Kier alpha value is -2.70. The Morgan fingerprint density at radius 3 is 3.03 bits per heavy atom. The number of aromatic nitrogens is 3. The summed E-state index contributed by atoms with van der Waals surface area (Å²) in [6, 6.07) is 5.80. The number of anilines is 1. The lowest BCUT2D eigenvalue weighted by molar-refractivity contribution is -0.0947. The molecule has 1 fully saturated rings. The molecule has 30 heavy (non-hydrogen) atoms. The van der Waals surface area contributed by atoms with Gasteiger partial charge in [-0.25, -0.2) is 4.98 Å². The fourth-order valence-electron chi connectivity index (χ4n) is 2.99. The summed E-state index contributed by atoms with van der Waals surface area (Å²) in [5.41, 5.74) is 1.83. The van der Waals surface area contributed by atoms with Crippen LogP contribution in [-0.2, 0) is 16.0 Å². The van der Waals surface area contributed by atoms with Crippen LogP contribution in [-0.4, -0.2) is 46.6 Å². The number of carbonyl (C=O) groups is 1. The zero-order valence-electron chi connectivity index (χ0n) is 16.2. The minimum absolute atomic E-state index is 0.178. The Bertz CT molecular complexity index is 1100. The molecule has 0 saturated carbocycles. The predicted molar refractivity (Wildman–Crippen MR) is 115 cm³/mol. The van der Waals surface area contributed by atoms with Crippen LogP contribution in [0.4, 0.5) is 5.82 Å². The second-order valence-corrected chi connectivity index (χ2v) is 8.02. The highest BCUT2D eigenvalue weighted by Gasteiger charge is 2.23.